The van der Waals surface area contributed by atoms with Gasteiger partial charge in [-0.2, -0.15) is 0 Å². The summed E-state index contributed by atoms with van der Waals surface area (Å²) in [7, 11) is 0. The van der Waals surface area contributed by atoms with E-state index in [2.05, 4.69) is 16.7 Å². The summed E-state index contributed by atoms with van der Waals surface area (Å²) in [4.78, 5) is 26.2. The van der Waals surface area contributed by atoms with Crippen LogP contribution in [0.5, 0.6) is 0 Å². The minimum atomic E-state index is -0.278. The van der Waals surface area contributed by atoms with Gasteiger partial charge in [0.25, 0.3) is 0 Å². The molecular formula is C22H24FN3O2. The van der Waals surface area contributed by atoms with Crippen molar-refractivity contribution in [3.8, 4) is 0 Å². The maximum atomic E-state index is 13.6. The third kappa shape index (κ3) is 4.07. The van der Waals surface area contributed by atoms with E-state index < -0.39 is 0 Å². The van der Waals surface area contributed by atoms with Gasteiger partial charge >= 0.3 is 0 Å². The van der Waals surface area contributed by atoms with E-state index in [9.17, 15) is 14.0 Å². The van der Waals surface area contributed by atoms with E-state index in [1.807, 2.05) is 23.1 Å². The largest absolute Gasteiger partial charge is 0.333 e. The number of halogens is 1. The maximum absolute atomic E-state index is 13.6. The van der Waals surface area contributed by atoms with Crippen molar-refractivity contribution in [3.63, 3.8) is 0 Å². The molecule has 0 spiro atoms. The van der Waals surface area contributed by atoms with Gasteiger partial charge < -0.3 is 15.5 Å². The molecule has 146 valence electrons. The minimum absolute atomic E-state index is 0.0319. The number of nitrogens with zero attached hydrogens (tertiary/aromatic N) is 1. The smallest absolute Gasteiger partial charge is 0.228 e. The molecule has 5 nitrogen and oxygen atoms in total. The number of anilines is 1. The number of nitrogens with one attached hydrogen (secondary N) is 2. The topological polar surface area (TPSA) is 61.4 Å². The molecule has 0 aromatic heterocycles. The number of fused-ring (bicyclic) bond motifs is 1. The third-order valence-electron chi connectivity index (χ3n) is 5.45. The molecule has 1 atom stereocenters. The molecular weight excluding hydrogens is 357 g/mol. The number of rotatable bonds is 5. The Labute approximate surface area is 163 Å². The van der Waals surface area contributed by atoms with Crippen molar-refractivity contribution < 1.29 is 14.0 Å². The third-order valence-corrected chi connectivity index (χ3v) is 5.45. The number of piperazine rings is 1. The molecule has 1 fully saturated rings. The van der Waals surface area contributed by atoms with Gasteiger partial charge in [-0.25, -0.2) is 4.39 Å². The van der Waals surface area contributed by atoms with E-state index in [1.165, 1.54) is 12.1 Å². The number of hydrogen-bond donors (Lipinski definition) is 2. The van der Waals surface area contributed by atoms with E-state index in [-0.39, 0.29) is 23.7 Å². The van der Waals surface area contributed by atoms with Crippen molar-refractivity contribution in [2.75, 3.05) is 25.0 Å². The lowest BCUT2D eigenvalue weighted by Crippen LogP contribution is -2.48. The second kappa shape index (κ2) is 8.10. The predicted octanol–water partition coefficient (Wildman–Crippen LogP) is 2.82. The molecule has 0 radical (unpaired) electrons. The molecule has 4 rings (SSSR count). The van der Waals surface area contributed by atoms with Crippen LogP contribution in [-0.4, -0.2) is 36.3 Å². The van der Waals surface area contributed by atoms with Gasteiger partial charge in [-0.1, -0.05) is 24.3 Å². The molecule has 2 aliphatic heterocycles. The molecule has 2 amide bonds. The first-order chi connectivity index (χ1) is 13.6. The van der Waals surface area contributed by atoms with Gasteiger partial charge in [0.2, 0.25) is 11.8 Å². The molecule has 2 N–H and O–H groups in total. The average molecular weight is 381 g/mol. The number of benzene rings is 2. The molecule has 2 aromatic carbocycles. The highest BCUT2D eigenvalue weighted by molar-refractivity contribution is 5.99. The number of hydrogen-bond acceptors (Lipinski definition) is 3. The molecule has 2 heterocycles. The predicted molar refractivity (Wildman–Crippen MR) is 105 cm³/mol. The summed E-state index contributed by atoms with van der Waals surface area (Å²) < 4.78 is 13.6. The van der Waals surface area contributed by atoms with Crippen molar-refractivity contribution >= 4 is 17.5 Å². The molecule has 1 saturated heterocycles. The van der Waals surface area contributed by atoms with Crippen LogP contribution in [0.2, 0.25) is 0 Å². The van der Waals surface area contributed by atoms with Gasteiger partial charge in [-0.05, 0) is 47.7 Å². The average Bonchev–Trinajstić information content (AvgIpc) is 3.07. The zero-order chi connectivity index (χ0) is 19.5. The van der Waals surface area contributed by atoms with Crippen LogP contribution >= 0.6 is 0 Å². The standard InChI is InChI=1S/C22H24FN3O2/c23-18-5-2-4-16(12-18)20-14-24-9-10-26(20)22(28)6-1-3-15-7-8-19-17(11-15)13-21(27)25-19/h2,4-5,7-8,11-12,20,24H,1,3,6,9-10,13-14H2,(H,25,27). The first kappa shape index (κ1) is 18.6. The van der Waals surface area contributed by atoms with Crippen molar-refractivity contribution in [1.29, 1.82) is 0 Å². The Balaban J connectivity index is 1.36. The summed E-state index contributed by atoms with van der Waals surface area (Å²) >= 11 is 0. The van der Waals surface area contributed by atoms with E-state index >= 15 is 0 Å². The fourth-order valence-corrected chi connectivity index (χ4v) is 4.04. The molecule has 0 bridgehead atoms. The Morgan fingerprint density at radius 3 is 2.96 bits per heavy atom. The van der Waals surface area contributed by atoms with Crippen molar-refractivity contribution in [2.24, 2.45) is 0 Å². The first-order valence-electron chi connectivity index (χ1n) is 9.77. The SMILES string of the molecule is O=C1Cc2cc(CCCC(=O)N3CCNCC3c3cccc(F)c3)ccc2N1. The zero-order valence-electron chi connectivity index (χ0n) is 15.7. The lowest BCUT2D eigenvalue weighted by Gasteiger charge is -2.36. The summed E-state index contributed by atoms with van der Waals surface area (Å²) in [5.41, 5.74) is 3.90. The van der Waals surface area contributed by atoms with Crippen molar-refractivity contribution in [3.05, 3.63) is 65.0 Å². The Morgan fingerprint density at radius 2 is 2.11 bits per heavy atom. The molecule has 2 aromatic rings. The number of amides is 2. The molecule has 6 heteroatoms. The Hall–Kier alpha value is -2.73. The minimum Gasteiger partial charge on any atom is -0.333 e. The van der Waals surface area contributed by atoms with Gasteiger partial charge in [-0.3, -0.25) is 9.59 Å². The van der Waals surface area contributed by atoms with E-state index in [4.69, 9.17) is 0 Å². The second-order valence-electron chi connectivity index (χ2n) is 7.43. The molecule has 0 aliphatic carbocycles. The monoisotopic (exact) mass is 381 g/mol. The molecule has 2 aliphatic rings. The highest BCUT2D eigenvalue weighted by atomic mass is 19.1. The van der Waals surface area contributed by atoms with E-state index in [0.29, 0.717) is 25.9 Å². The van der Waals surface area contributed by atoms with Gasteiger partial charge in [0.15, 0.2) is 0 Å². The lowest BCUT2D eigenvalue weighted by atomic mass is 10.0. The van der Waals surface area contributed by atoms with Gasteiger partial charge in [0, 0.05) is 31.7 Å². The van der Waals surface area contributed by atoms with Crippen molar-refractivity contribution in [2.45, 2.75) is 31.7 Å². The summed E-state index contributed by atoms with van der Waals surface area (Å²) in [5.74, 6) is -0.141. The van der Waals surface area contributed by atoms with Crippen LogP contribution in [-0.2, 0) is 22.4 Å². The van der Waals surface area contributed by atoms with Crippen LogP contribution in [0.25, 0.3) is 0 Å². The van der Waals surface area contributed by atoms with Crippen LogP contribution in [0.1, 0.15) is 35.6 Å². The van der Waals surface area contributed by atoms with Crippen molar-refractivity contribution in [1.82, 2.24) is 10.2 Å². The molecule has 1 unspecified atom stereocenters. The number of carbonyl (C=O) groups excluding carboxylic acids is 2. The van der Waals surface area contributed by atoms with E-state index in [0.717, 1.165) is 41.8 Å². The van der Waals surface area contributed by atoms with Gasteiger partial charge in [0.1, 0.15) is 5.82 Å². The number of carbonyl (C=O) groups is 2. The summed E-state index contributed by atoms with van der Waals surface area (Å²) in [6.07, 6.45) is 2.43. The highest BCUT2D eigenvalue weighted by Crippen LogP contribution is 2.26. The zero-order valence-corrected chi connectivity index (χ0v) is 15.7. The fourth-order valence-electron chi connectivity index (χ4n) is 4.04. The van der Waals surface area contributed by atoms with Crippen LogP contribution < -0.4 is 10.6 Å². The molecule has 0 saturated carbocycles. The van der Waals surface area contributed by atoms with Crippen LogP contribution in [0.3, 0.4) is 0 Å². The maximum Gasteiger partial charge on any atom is 0.228 e. The summed E-state index contributed by atoms with van der Waals surface area (Å²) in [5, 5.41) is 6.13. The van der Waals surface area contributed by atoms with Crippen LogP contribution in [0.15, 0.2) is 42.5 Å². The van der Waals surface area contributed by atoms with Crippen LogP contribution in [0, 0.1) is 5.82 Å². The normalized spacial score (nSPS) is 18.7. The van der Waals surface area contributed by atoms with Gasteiger partial charge in [0.05, 0.1) is 12.5 Å². The lowest BCUT2D eigenvalue weighted by molar-refractivity contribution is -0.134. The fraction of sp³-hybridized carbons (Fsp3) is 0.364. The van der Waals surface area contributed by atoms with Crippen LogP contribution in [0.4, 0.5) is 10.1 Å². The summed E-state index contributed by atoms with van der Waals surface area (Å²) in [6.45, 7) is 2.02. The Morgan fingerprint density at radius 1 is 1.21 bits per heavy atom. The number of aryl methyl sites for hydroxylation is 1. The first-order valence-corrected chi connectivity index (χ1v) is 9.77. The Bertz CT molecular complexity index is 899. The Kier molecular flexibility index (Phi) is 5.39. The van der Waals surface area contributed by atoms with Gasteiger partial charge in [-0.15, -0.1) is 0 Å². The highest BCUT2D eigenvalue weighted by Gasteiger charge is 2.27. The quantitative estimate of drug-likeness (QED) is 0.837. The molecule has 28 heavy (non-hydrogen) atoms. The second-order valence-corrected chi connectivity index (χ2v) is 7.43. The van der Waals surface area contributed by atoms with E-state index in [1.54, 1.807) is 6.07 Å². The summed E-state index contributed by atoms with van der Waals surface area (Å²) in [6, 6.07) is 12.4.